The molecule has 5 nitrogen and oxygen atoms in total. The fourth-order valence-electron chi connectivity index (χ4n) is 4.78. The first-order valence-electron chi connectivity index (χ1n) is 10.4. The molecule has 0 aromatic rings. The van der Waals surface area contributed by atoms with E-state index in [0.717, 1.165) is 43.8 Å². The van der Waals surface area contributed by atoms with Gasteiger partial charge < -0.3 is 9.46 Å². The Labute approximate surface area is 170 Å². The van der Waals surface area contributed by atoms with E-state index in [1.807, 2.05) is 0 Å². The number of rotatable bonds is 6. The Morgan fingerprint density at radius 2 is 1.70 bits per heavy atom. The van der Waals surface area contributed by atoms with E-state index in [9.17, 15) is 4.39 Å². The van der Waals surface area contributed by atoms with Crippen LogP contribution in [0.25, 0.3) is 4.72 Å². The second-order valence-corrected chi connectivity index (χ2v) is 8.73. The molecule has 1 aliphatic heterocycles. The number of halogens is 1. The standard InChI is InChI=1S/C19H30FN2O3S.Be/c20-13-9-11-14(12-10-13)24-25-26-22-16-6-2-1-5-15(16)19-21-17-7-3-4-8-18(17)23-19;/h13-18H,1-12H2;/q-1;+2/p+1. The van der Waals surface area contributed by atoms with Crippen molar-refractivity contribution in [3.05, 3.63) is 4.72 Å². The smallest absolute Gasteiger partial charge is 0.575 e. The third-order valence-corrected chi connectivity index (χ3v) is 6.86. The average molecular weight is 396 g/mol. The molecule has 0 bridgehead atoms. The molecule has 3 saturated carbocycles. The van der Waals surface area contributed by atoms with Crippen molar-refractivity contribution in [1.82, 2.24) is 0 Å². The van der Waals surface area contributed by atoms with E-state index < -0.39 is 6.17 Å². The van der Waals surface area contributed by atoms with Gasteiger partial charge in [0.2, 0.25) is 0 Å². The molecule has 0 spiro atoms. The molecule has 27 heavy (non-hydrogen) atoms. The van der Waals surface area contributed by atoms with Crippen LogP contribution in [0.1, 0.15) is 77.0 Å². The van der Waals surface area contributed by atoms with E-state index >= 15 is 0 Å². The molecule has 3 fully saturated rings. The minimum Gasteiger partial charge on any atom is -0.575 e. The summed E-state index contributed by atoms with van der Waals surface area (Å²) in [6.45, 7) is 0. The summed E-state index contributed by atoms with van der Waals surface area (Å²) >= 11 is 1.05. The van der Waals surface area contributed by atoms with E-state index in [1.54, 1.807) is 0 Å². The number of hydrogen-bond acceptors (Lipinski definition) is 4. The van der Waals surface area contributed by atoms with Crippen LogP contribution in [0.5, 0.6) is 0 Å². The Bertz CT molecular complexity index is 494. The van der Waals surface area contributed by atoms with Gasteiger partial charge in [-0.15, -0.1) is 6.04 Å². The topological polar surface area (TPSA) is 55.8 Å². The van der Waals surface area contributed by atoms with Crippen molar-refractivity contribution < 1.29 is 23.3 Å². The van der Waals surface area contributed by atoms with Crippen LogP contribution in [-0.4, -0.2) is 46.5 Å². The number of fused-ring (bicyclic) bond motifs is 1. The van der Waals surface area contributed by atoms with Crippen molar-refractivity contribution >= 4 is 28.2 Å². The first-order valence-corrected chi connectivity index (χ1v) is 11.1. The maximum absolute atomic E-state index is 13.1. The molecule has 4 aliphatic rings. The van der Waals surface area contributed by atoms with Gasteiger partial charge in [0.1, 0.15) is 6.17 Å². The fraction of sp³-hybridized carbons (Fsp3) is 0.947. The molecular weight excluding hydrogens is 364 g/mol. The van der Waals surface area contributed by atoms with Crippen molar-refractivity contribution in [2.24, 2.45) is 5.92 Å². The van der Waals surface area contributed by atoms with Crippen LogP contribution in [0, 0.1) is 5.92 Å². The summed E-state index contributed by atoms with van der Waals surface area (Å²) in [6.07, 6.45) is 11.9. The van der Waals surface area contributed by atoms with Crippen LogP contribution in [0.4, 0.5) is 4.39 Å². The van der Waals surface area contributed by atoms with Gasteiger partial charge in [-0.3, -0.25) is 0 Å². The average Bonchev–Trinajstić information content (AvgIpc) is 3.11. The summed E-state index contributed by atoms with van der Waals surface area (Å²) in [4.78, 5) is 9.07. The number of nitrogens with one attached hydrogen (secondary N) is 1. The summed E-state index contributed by atoms with van der Waals surface area (Å²) in [7, 11) is 0. The largest absolute Gasteiger partial charge is 2.00 e. The Morgan fingerprint density at radius 3 is 2.52 bits per heavy atom. The number of nitrogens with zero attached hydrogens (tertiary/aromatic N) is 1. The van der Waals surface area contributed by atoms with Crippen LogP contribution >= 0.6 is 12.2 Å². The molecule has 0 amide bonds. The van der Waals surface area contributed by atoms with Gasteiger partial charge in [0.05, 0.1) is 12.0 Å². The Morgan fingerprint density at radius 1 is 0.963 bits per heavy atom. The van der Waals surface area contributed by atoms with Crippen LogP contribution in [0.3, 0.4) is 0 Å². The predicted molar refractivity (Wildman–Crippen MR) is 105 cm³/mol. The van der Waals surface area contributed by atoms with Crippen molar-refractivity contribution in [3.8, 4) is 0 Å². The molecular formula is C19H31BeFN2O3S+2. The fourth-order valence-corrected chi connectivity index (χ4v) is 5.33. The molecule has 4 rings (SSSR count). The third kappa shape index (κ3) is 5.66. The molecule has 3 aliphatic carbocycles. The normalized spacial score (nSPS) is 39.1. The van der Waals surface area contributed by atoms with Gasteiger partial charge in [0, 0.05) is 6.42 Å². The zero-order chi connectivity index (χ0) is 17.8. The van der Waals surface area contributed by atoms with Gasteiger partial charge >= 0.3 is 16.0 Å². The zero-order valence-electron chi connectivity index (χ0n) is 16.1. The summed E-state index contributed by atoms with van der Waals surface area (Å²) in [5.41, 5.74) is 0. The Balaban J connectivity index is 0.00000210. The van der Waals surface area contributed by atoms with Crippen molar-refractivity contribution in [2.45, 2.75) is 108 Å². The SMILES string of the molecule is FC1CCC(OOS[N-]C2CCCCC2C2=[NH+]C3CCCCC3O2)CC1.[Be+2]. The maximum Gasteiger partial charge on any atom is 2.00 e. The molecule has 8 heteroatoms. The molecule has 1 N–H and O–H groups in total. The quantitative estimate of drug-likeness (QED) is 0.187. The van der Waals surface area contributed by atoms with Gasteiger partial charge in [0.15, 0.2) is 12.1 Å². The number of hydrogen-bond donors (Lipinski definition) is 1. The van der Waals surface area contributed by atoms with Crippen LogP contribution < -0.4 is 4.99 Å². The summed E-state index contributed by atoms with van der Waals surface area (Å²) in [5, 5.41) is 0. The Hall–Kier alpha value is -0.201. The second kappa shape index (κ2) is 10.5. The van der Waals surface area contributed by atoms with E-state index in [4.69, 9.17) is 14.0 Å². The third-order valence-electron chi connectivity index (χ3n) is 6.36. The summed E-state index contributed by atoms with van der Waals surface area (Å²) in [6, 6.07) is 0.709. The predicted octanol–water partition coefficient (Wildman–Crippen LogP) is 3.15. The first-order chi connectivity index (χ1) is 12.8. The van der Waals surface area contributed by atoms with Crippen LogP contribution in [-0.2, 0) is 14.0 Å². The van der Waals surface area contributed by atoms with E-state index in [2.05, 4.69) is 9.71 Å². The van der Waals surface area contributed by atoms with Gasteiger partial charge in [-0.05, 0) is 51.4 Å². The maximum atomic E-state index is 13.1. The number of ether oxygens (including phenoxy) is 1. The summed E-state index contributed by atoms with van der Waals surface area (Å²) < 4.78 is 29.4. The first kappa shape index (κ1) is 21.5. The molecule has 0 radical (unpaired) electrons. The van der Waals surface area contributed by atoms with Gasteiger partial charge in [-0.2, -0.15) is 4.33 Å². The van der Waals surface area contributed by atoms with Crippen molar-refractivity contribution in [2.75, 3.05) is 0 Å². The van der Waals surface area contributed by atoms with E-state index in [-0.39, 0.29) is 22.3 Å². The summed E-state index contributed by atoms with van der Waals surface area (Å²) in [5.74, 6) is 1.41. The van der Waals surface area contributed by atoms with E-state index in [0.29, 0.717) is 30.9 Å². The zero-order valence-corrected chi connectivity index (χ0v) is 16.9. The van der Waals surface area contributed by atoms with E-state index in [1.165, 1.54) is 38.5 Å². The molecule has 0 aromatic heterocycles. The van der Waals surface area contributed by atoms with Crippen LogP contribution in [0.2, 0.25) is 0 Å². The second-order valence-electron chi connectivity index (χ2n) is 8.23. The molecule has 148 valence electrons. The Kier molecular flexibility index (Phi) is 8.40. The minimum absolute atomic E-state index is 0. The molecule has 0 saturated heterocycles. The molecule has 0 aromatic carbocycles. The van der Waals surface area contributed by atoms with Crippen molar-refractivity contribution in [3.63, 3.8) is 0 Å². The monoisotopic (exact) mass is 395 g/mol. The van der Waals surface area contributed by atoms with Gasteiger partial charge in [0.25, 0.3) is 0 Å². The van der Waals surface area contributed by atoms with Gasteiger partial charge in [-0.1, -0.05) is 31.5 Å². The van der Waals surface area contributed by atoms with Crippen LogP contribution in [0.15, 0.2) is 0 Å². The molecule has 4 atom stereocenters. The van der Waals surface area contributed by atoms with Gasteiger partial charge in [-0.25, -0.2) is 14.3 Å². The minimum atomic E-state index is -0.671. The molecule has 4 unspecified atom stereocenters. The molecule has 1 heterocycles. The number of alkyl halides is 1. The van der Waals surface area contributed by atoms with Crippen molar-refractivity contribution in [1.29, 1.82) is 0 Å².